The number of amides is 16. The first-order chi connectivity index (χ1) is 62.6. The highest BCUT2D eigenvalue weighted by molar-refractivity contribution is 7.90. The summed E-state index contributed by atoms with van der Waals surface area (Å²) in [5.74, 6) is -22.1. The Morgan fingerprint density at radius 1 is 0.500 bits per heavy atom. The molecule has 136 heavy (non-hydrogen) atoms. The van der Waals surface area contributed by atoms with Crippen LogP contribution in [0.4, 0.5) is 4.79 Å². The topological polar surface area (TPSA) is 761 Å². The summed E-state index contributed by atoms with van der Waals surface area (Å²) in [6, 6.07) is -21.5. The maximum absolute atomic E-state index is 15.3. The molecular weight excluding hydrogens is 1810 g/mol. The predicted molar refractivity (Wildman–Crippen MR) is 490 cm³/mol. The number of alkyl carbamates (subject to hydrolysis) is 1. The van der Waals surface area contributed by atoms with Crippen LogP contribution >= 0.6 is 0 Å². The molecule has 1 aromatic carbocycles. The molecule has 0 unspecified atom stereocenters. The van der Waals surface area contributed by atoms with Crippen LogP contribution in [0.1, 0.15) is 249 Å². The maximum Gasteiger partial charge on any atom is 0.407 e. The standard InChI is InChI=1S/C87H144N20O28S/c1-44(2)66(80(126)127)105-78(124)59-26-23-39-107(59)79(125)56(40-63(92)111)102-74(120)54(30-34-65(114)133-85(12,13)14)98-75(121)55(41-64(112)113)101-73(119)53(29-33-62(91)110)100-77(123)58(43-132-84(9,10)11)104-71(117)51(25-22-38-94-81(93)106-136(129,130)68-46(4)45(3)67-48(47(68)5)35-36-87(18,19)134-67)97-72(118)52(28-32-61(90)109)99-76(122)57(42-131-83(6,7)8)103-70(116)50(96-69(115)49(88)27-31-60(89)108)24-20-21-37-95-82(128)135-86(15,16)17/h44,49-59,66H,20-43,88H2,1-19H3,(H2,89,108)(H2,90,109)(H2,91,110)(H2,92,111)(H,95,128)(H,96,115)(H,97,118)(H,98,121)(H,99,122)(H,100,123)(H,101,119)(H,102,120)(H,103,116)(H,104,117)(H,105,124)(H,112,113)(H,126,127)(H3,93,94,106)/t49-,50-,51-,52-,53-,54-,55-,56-,57-,58-,59-,66-/m0/s1. The van der Waals surface area contributed by atoms with Gasteiger partial charge in [0.1, 0.15) is 89.0 Å². The van der Waals surface area contributed by atoms with E-state index in [1.807, 2.05) is 13.8 Å². The molecule has 48 nitrogen and oxygen atoms in total. The molecule has 3 rings (SSSR count). The van der Waals surface area contributed by atoms with Gasteiger partial charge >= 0.3 is 24.0 Å². The van der Waals surface area contributed by atoms with Gasteiger partial charge in [-0.2, -0.15) is 0 Å². The molecule has 0 aromatic heterocycles. The Kier molecular flexibility index (Phi) is 45.8. The van der Waals surface area contributed by atoms with Crippen molar-refractivity contribution < 1.29 is 133 Å². The molecule has 12 atom stereocenters. The van der Waals surface area contributed by atoms with E-state index >= 15 is 14.4 Å². The minimum Gasteiger partial charge on any atom is -0.487 e. The number of primary amides is 4. The number of aliphatic carboxylic acids is 2. The zero-order valence-corrected chi connectivity index (χ0v) is 82.1. The van der Waals surface area contributed by atoms with Crippen LogP contribution in [-0.2, 0) is 122 Å². The normalized spacial score (nSPS) is 16.3. The number of unbranched alkanes of at least 4 members (excludes halogenated alkanes) is 1. The number of hydrogen-bond donors (Lipinski definition) is 20. The van der Waals surface area contributed by atoms with Gasteiger partial charge < -0.3 is 132 Å². The third-order valence-electron chi connectivity index (χ3n) is 21.0. The summed E-state index contributed by atoms with van der Waals surface area (Å²) in [5, 5.41) is 46.6. The number of hydrogen-bond acceptors (Lipinski definition) is 28. The molecule has 0 spiro atoms. The van der Waals surface area contributed by atoms with Crippen LogP contribution in [0.25, 0.3) is 0 Å². The van der Waals surface area contributed by atoms with E-state index in [1.165, 1.54) is 55.4 Å². The Hall–Kier alpha value is -12.2. The zero-order chi connectivity index (χ0) is 104. The molecule has 1 fully saturated rings. The van der Waals surface area contributed by atoms with Gasteiger partial charge in [-0.15, -0.1) is 0 Å². The highest BCUT2D eigenvalue weighted by Gasteiger charge is 2.44. The van der Waals surface area contributed by atoms with Gasteiger partial charge in [0.25, 0.3) is 10.0 Å². The summed E-state index contributed by atoms with van der Waals surface area (Å²) >= 11 is 0. The van der Waals surface area contributed by atoms with Crippen molar-refractivity contribution in [3.05, 3.63) is 22.3 Å². The fourth-order valence-electron chi connectivity index (χ4n) is 14.0. The Labute approximate surface area is 791 Å². The summed E-state index contributed by atoms with van der Waals surface area (Å²) in [6.45, 7) is 28.6. The molecule has 2 aliphatic heterocycles. The van der Waals surface area contributed by atoms with E-state index in [0.29, 0.717) is 40.8 Å². The number of ether oxygens (including phenoxy) is 5. The maximum atomic E-state index is 15.3. The molecule has 0 radical (unpaired) electrons. The molecule has 2 aliphatic rings. The molecule has 1 saturated heterocycles. The predicted octanol–water partition coefficient (Wildman–Crippen LogP) is -2.41. The molecular formula is C87H144N20O28S. The summed E-state index contributed by atoms with van der Waals surface area (Å²) in [5.41, 5.74) is 31.7. The van der Waals surface area contributed by atoms with E-state index in [4.69, 9.17) is 58.1 Å². The Morgan fingerprint density at radius 2 is 0.919 bits per heavy atom. The molecule has 766 valence electrons. The second kappa shape index (κ2) is 52.8. The van der Waals surface area contributed by atoms with Gasteiger partial charge in [0.2, 0.25) is 94.6 Å². The highest BCUT2D eigenvalue weighted by Crippen LogP contribution is 2.42. The minimum atomic E-state index is -4.52. The molecule has 49 heteroatoms. The van der Waals surface area contributed by atoms with Crippen LogP contribution in [0.2, 0.25) is 0 Å². The van der Waals surface area contributed by atoms with Crippen molar-refractivity contribution in [2.45, 2.75) is 359 Å². The number of carbonyl (C=O) groups excluding carboxylic acids is 17. The van der Waals surface area contributed by atoms with Crippen molar-refractivity contribution in [2.24, 2.45) is 45.3 Å². The van der Waals surface area contributed by atoms with Crippen molar-refractivity contribution in [1.29, 1.82) is 0 Å². The van der Waals surface area contributed by atoms with Crippen molar-refractivity contribution >= 4 is 129 Å². The van der Waals surface area contributed by atoms with Gasteiger partial charge in [0.05, 0.1) is 48.2 Å². The molecule has 16 amide bonds. The Balaban J connectivity index is 2.26. The van der Waals surface area contributed by atoms with Crippen LogP contribution in [0, 0.1) is 26.7 Å². The average Bonchev–Trinajstić information content (AvgIpc) is 0.801. The second-order valence-electron chi connectivity index (χ2n) is 38.5. The van der Waals surface area contributed by atoms with Crippen LogP contribution in [0.5, 0.6) is 5.75 Å². The highest BCUT2D eigenvalue weighted by atomic mass is 32.2. The Bertz CT molecular complexity index is 4630. The number of aliphatic imine (C=N–C) groups is 1. The fourth-order valence-corrected chi connectivity index (χ4v) is 15.5. The van der Waals surface area contributed by atoms with E-state index in [1.54, 1.807) is 62.3 Å². The summed E-state index contributed by atoms with van der Waals surface area (Å²) in [4.78, 5) is 266. The number of carboxylic acids is 2. The lowest BCUT2D eigenvalue weighted by molar-refractivity contribution is -0.155. The van der Waals surface area contributed by atoms with E-state index in [9.17, 15) is 95.3 Å². The van der Waals surface area contributed by atoms with Gasteiger partial charge in [0.15, 0.2) is 0 Å². The monoisotopic (exact) mass is 1950 g/mol. The summed E-state index contributed by atoms with van der Waals surface area (Å²) in [7, 11) is -4.52. The number of nitrogens with one attached hydrogen (secondary N) is 12. The van der Waals surface area contributed by atoms with Gasteiger partial charge in [0, 0.05) is 45.3 Å². The van der Waals surface area contributed by atoms with Crippen LogP contribution < -0.4 is 102 Å². The zero-order valence-electron chi connectivity index (χ0n) is 81.3. The van der Waals surface area contributed by atoms with Crippen LogP contribution in [0.15, 0.2) is 9.89 Å². The number of guanidine groups is 1. The number of benzene rings is 1. The SMILES string of the molecule is Cc1c(C)c(S(=O)(=O)NC(N)=NCCC[C@H](NC(=O)[C@H](CCC(N)=O)NC(=O)[C@H](COC(C)(C)C)NC(=O)[C@H](CCCCNC(=O)OC(C)(C)C)NC(=O)[C@@H](N)CCC(N)=O)C(=O)N[C@@H](COC(C)(C)C)C(=O)N[C@@H](CCC(N)=O)C(=O)N[C@@H](CC(=O)O)C(=O)N[C@@H](CCC(=O)OC(C)(C)C)C(=O)N[C@@H](CC(N)=O)C(=O)N2CCC[C@H]2C(=O)N[C@H](C(=O)O)C(C)C)c(C)c2c1OC(C)(C)CC2. The first kappa shape index (κ1) is 118. The van der Waals surface area contributed by atoms with E-state index in [2.05, 4.69) is 68.2 Å². The number of carbonyl (C=O) groups is 19. The lowest BCUT2D eigenvalue weighted by Gasteiger charge is -2.35. The molecule has 0 bridgehead atoms. The molecule has 2 heterocycles. The van der Waals surface area contributed by atoms with Crippen molar-refractivity contribution in [2.75, 3.05) is 32.8 Å². The third kappa shape index (κ3) is 42.4. The molecule has 26 N–H and O–H groups in total. The number of likely N-dealkylation sites (tertiary alicyclic amines) is 1. The Morgan fingerprint density at radius 3 is 1.36 bits per heavy atom. The number of rotatable bonds is 54. The van der Waals surface area contributed by atoms with E-state index in [0.717, 1.165) is 4.90 Å². The largest absolute Gasteiger partial charge is 0.487 e. The third-order valence-corrected chi connectivity index (χ3v) is 22.7. The van der Waals surface area contributed by atoms with Gasteiger partial charge in [-0.3, -0.25) is 86.5 Å². The minimum absolute atomic E-state index is 0.00292. The molecule has 0 saturated carbocycles. The van der Waals surface area contributed by atoms with Crippen molar-refractivity contribution in [1.82, 2.24) is 68.1 Å². The first-order valence-corrected chi connectivity index (χ1v) is 46.4. The van der Waals surface area contributed by atoms with E-state index < -0.39 is 313 Å². The number of sulfonamides is 1. The van der Waals surface area contributed by atoms with Gasteiger partial charge in [-0.25, -0.2) is 22.7 Å². The summed E-state index contributed by atoms with van der Waals surface area (Å²) < 4.78 is 60.0. The van der Waals surface area contributed by atoms with Gasteiger partial charge in [-0.05, 0) is 229 Å². The number of nitrogens with two attached hydrogens (primary N) is 6. The number of esters is 1. The number of carboxylic acid groups (broad SMARTS) is 2. The second-order valence-corrected chi connectivity index (χ2v) is 40.1. The fraction of sp³-hybridized carbons (Fsp3) is 0.701. The van der Waals surface area contributed by atoms with Crippen molar-refractivity contribution in [3.63, 3.8) is 0 Å². The van der Waals surface area contributed by atoms with Crippen molar-refractivity contribution in [3.8, 4) is 5.75 Å². The first-order valence-electron chi connectivity index (χ1n) is 44.9. The van der Waals surface area contributed by atoms with Gasteiger partial charge in [-0.1, -0.05) is 13.8 Å². The lowest BCUT2D eigenvalue weighted by atomic mass is 9.88. The van der Waals surface area contributed by atoms with E-state index in [-0.39, 0.29) is 69.4 Å². The average molecular weight is 1950 g/mol. The quantitative estimate of drug-likeness (QED) is 0.0140. The van der Waals surface area contributed by atoms with Crippen LogP contribution in [-0.4, -0.2) is 275 Å². The number of nitrogens with zero attached hydrogens (tertiary/aromatic N) is 2. The molecule has 0 aliphatic carbocycles. The van der Waals surface area contributed by atoms with Crippen LogP contribution in [0.3, 0.4) is 0 Å². The summed E-state index contributed by atoms with van der Waals surface area (Å²) in [6.07, 6.45) is -7.23. The molecule has 1 aromatic rings. The smallest absolute Gasteiger partial charge is 0.407 e. The lowest BCUT2D eigenvalue weighted by Crippen LogP contribution is -2.62. The number of fused-ring (bicyclic) bond motifs is 1.